The summed E-state index contributed by atoms with van der Waals surface area (Å²) in [7, 11) is 0. The van der Waals surface area contributed by atoms with Crippen molar-refractivity contribution in [2.75, 3.05) is 25.0 Å². The molecule has 3 N–H and O–H groups in total. The van der Waals surface area contributed by atoms with E-state index >= 15 is 0 Å². The van der Waals surface area contributed by atoms with Crippen molar-refractivity contribution in [1.29, 1.82) is 0 Å². The van der Waals surface area contributed by atoms with Gasteiger partial charge < -0.3 is 16.0 Å². The molecule has 1 heterocycles. The Morgan fingerprint density at radius 3 is 2.42 bits per heavy atom. The van der Waals surface area contributed by atoms with E-state index in [0.717, 1.165) is 56.1 Å². The van der Waals surface area contributed by atoms with Gasteiger partial charge in [0.05, 0.1) is 6.54 Å². The zero-order valence-electron chi connectivity index (χ0n) is 19.8. The van der Waals surface area contributed by atoms with Crippen LogP contribution in [0.15, 0.2) is 53.5 Å². The summed E-state index contributed by atoms with van der Waals surface area (Å²) in [5.74, 6) is 1.12. The number of rotatable bonds is 9. The first kappa shape index (κ1) is 23.3. The molecule has 2 aromatic rings. The van der Waals surface area contributed by atoms with Crippen LogP contribution >= 0.6 is 0 Å². The second kappa shape index (κ2) is 11.8. The molecule has 6 nitrogen and oxygen atoms in total. The maximum atomic E-state index is 12.2. The summed E-state index contributed by atoms with van der Waals surface area (Å²) >= 11 is 0. The molecule has 2 aromatic carbocycles. The lowest BCUT2D eigenvalue weighted by molar-refractivity contribution is -0.122. The van der Waals surface area contributed by atoms with Crippen molar-refractivity contribution in [2.45, 2.75) is 58.7 Å². The van der Waals surface area contributed by atoms with E-state index in [1.54, 1.807) is 0 Å². The van der Waals surface area contributed by atoms with Gasteiger partial charge in [0, 0.05) is 31.2 Å². The lowest BCUT2D eigenvalue weighted by Gasteiger charge is -2.24. The molecule has 0 radical (unpaired) electrons. The van der Waals surface area contributed by atoms with Gasteiger partial charge in [-0.25, -0.2) is 4.99 Å². The minimum Gasteiger partial charge on any atom is -0.357 e. The van der Waals surface area contributed by atoms with Crippen LogP contribution in [0, 0.1) is 5.92 Å². The molecule has 33 heavy (non-hydrogen) atoms. The van der Waals surface area contributed by atoms with Crippen LogP contribution in [0.3, 0.4) is 0 Å². The molecule has 2 aliphatic rings. The van der Waals surface area contributed by atoms with Crippen LogP contribution in [0.1, 0.15) is 55.7 Å². The van der Waals surface area contributed by atoms with Crippen molar-refractivity contribution in [3.05, 3.63) is 65.2 Å². The molecule has 6 heteroatoms. The van der Waals surface area contributed by atoms with Crippen LogP contribution in [0.4, 0.5) is 5.69 Å². The summed E-state index contributed by atoms with van der Waals surface area (Å²) in [6, 6.07) is 16.9. The summed E-state index contributed by atoms with van der Waals surface area (Å²) < 4.78 is 0. The molecular formula is C27H37N5O. The molecule has 1 saturated carbocycles. The molecule has 176 valence electrons. The summed E-state index contributed by atoms with van der Waals surface area (Å²) in [6.45, 7) is 7.66. The molecule has 1 aliphatic heterocycles. The third-order valence-corrected chi connectivity index (χ3v) is 6.52. The molecule has 1 saturated heterocycles. The average Bonchev–Trinajstić information content (AvgIpc) is 3.29. The van der Waals surface area contributed by atoms with Crippen LogP contribution in [0.5, 0.6) is 0 Å². The first-order valence-electron chi connectivity index (χ1n) is 12.4. The molecule has 0 bridgehead atoms. The molecule has 0 spiro atoms. The second-order valence-electron chi connectivity index (χ2n) is 9.17. The van der Waals surface area contributed by atoms with Gasteiger partial charge in [-0.15, -0.1) is 0 Å². The fraction of sp³-hybridized carbons (Fsp3) is 0.481. The van der Waals surface area contributed by atoms with Gasteiger partial charge >= 0.3 is 0 Å². The van der Waals surface area contributed by atoms with Gasteiger partial charge in [-0.2, -0.15) is 0 Å². The summed E-state index contributed by atoms with van der Waals surface area (Å²) in [6.07, 6.45) is 5.83. The Morgan fingerprint density at radius 1 is 0.970 bits per heavy atom. The molecule has 1 aliphatic carbocycles. The van der Waals surface area contributed by atoms with Gasteiger partial charge in [0.2, 0.25) is 5.91 Å². The predicted octanol–water partition coefficient (Wildman–Crippen LogP) is 4.28. The van der Waals surface area contributed by atoms with Crippen molar-refractivity contribution in [1.82, 2.24) is 15.5 Å². The van der Waals surface area contributed by atoms with Crippen molar-refractivity contribution in [3.8, 4) is 0 Å². The van der Waals surface area contributed by atoms with Crippen LogP contribution in [0.25, 0.3) is 0 Å². The highest BCUT2D eigenvalue weighted by molar-refractivity contribution is 5.93. The van der Waals surface area contributed by atoms with E-state index in [2.05, 4.69) is 52.0 Å². The van der Waals surface area contributed by atoms with Gasteiger partial charge in [-0.1, -0.05) is 42.8 Å². The zero-order valence-corrected chi connectivity index (χ0v) is 19.8. The minimum absolute atomic E-state index is 0.142. The number of hydrogen-bond donors (Lipinski definition) is 3. The van der Waals surface area contributed by atoms with Gasteiger partial charge in [0.25, 0.3) is 0 Å². The van der Waals surface area contributed by atoms with Gasteiger partial charge in [-0.05, 0) is 74.5 Å². The van der Waals surface area contributed by atoms with Crippen molar-refractivity contribution in [2.24, 2.45) is 10.9 Å². The smallest absolute Gasteiger partial charge is 0.227 e. The molecule has 0 atom stereocenters. The van der Waals surface area contributed by atoms with Crippen LogP contribution in [-0.2, 0) is 24.4 Å². The molecule has 0 aromatic heterocycles. The zero-order chi connectivity index (χ0) is 22.9. The Morgan fingerprint density at radius 2 is 1.73 bits per heavy atom. The Kier molecular flexibility index (Phi) is 8.36. The number of likely N-dealkylation sites (tertiary alicyclic amines) is 1. The number of hydrogen-bond acceptors (Lipinski definition) is 3. The van der Waals surface area contributed by atoms with Crippen molar-refractivity contribution in [3.63, 3.8) is 0 Å². The lowest BCUT2D eigenvalue weighted by atomic mass is 9.85. The van der Waals surface area contributed by atoms with E-state index in [1.165, 1.54) is 37.1 Å². The van der Waals surface area contributed by atoms with Gasteiger partial charge in [0.15, 0.2) is 5.96 Å². The standard InChI is InChI=1S/C27H37N5O/c1-2-28-27(29-18-21-11-13-22(14-12-21)20-32-15-3-4-16-32)30-19-23-7-5-10-25(17-23)31-26(33)24-8-6-9-24/h5,7,10-14,17,24H,2-4,6,8-9,15-16,18-20H2,1H3,(H,31,33)(H2,28,29,30). The monoisotopic (exact) mass is 447 g/mol. The highest BCUT2D eigenvalue weighted by Crippen LogP contribution is 2.27. The summed E-state index contributed by atoms with van der Waals surface area (Å²) in [5, 5.41) is 9.81. The maximum absolute atomic E-state index is 12.2. The number of aliphatic imine (C=N–C) groups is 1. The quantitative estimate of drug-likeness (QED) is 0.397. The van der Waals surface area contributed by atoms with Crippen LogP contribution < -0.4 is 16.0 Å². The molecular weight excluding hydrogens is 410 g/mol. The Balaban J connectivity index is 1.29. The Labute approximate surface area is 197 Å². The number of amides is 1. The lowest BCUT2D eigenvalue weighted by Crippen LogP contribution is -2.36. The van der Waals surface area contributed by atoms with Crippen LogP contribution in [-0.4, -0.2) is 36.4 Å². The van der Waals surface area contributed by atoms with E-state index in [1.807, 2.05) is 24.3 Å². The number of guanidine groups is 1. The highest BCUT2D eigenvalue weighted by atomic mass is 16.1. The third kappa shape index (κ3) is 7.06. The molecule has 0 unspecified atom stereocenters. The Hall–Kier alpha value is -2.86. The van der Waals surface area contributed by atoms with E-state index < -0.39 is 0 Å². The number of anilines is 1. The molecule has 4 rings (SSSR count). The largest absolute Gasteiger partial charge is 0.357 e. The summed E-state index contributed by atoms with van der Waals surface area (Å²) in [5.41, 5.74) is 4.55. The molecule has 1 amide bonds. The third-order valence-electron chi connectivity index (χ3n) is 6.52. The van der Waals surface area contributed by atoms with Crippen LogP contribution in [0.2, 0.25) is 0 Å². The Bertz CT molecular complexity index is 930. The fourth-order valence-corrected chi connectivity index (χ4v) is 4.32. The minimum atomic E-state index is 0.142. The first-order valence-corrected chi connectivity index (χ1v) is 12.4. The van der Waals surface area contributed by atoms with E-state index in [4.69, 9.17) is 4.99 Å². The first-order chi connectivity index (χ1) is 16.2. The SMILES string of the molecule is CCNC(=NCc1cccc(NC(=O)C2CCC2)c1)NCc1ccc(CN2CCCC2)cc1. The van der Waals surface area contributed by atoms with E-state index in [0.29, 0.717) is 6.54 Å². The maximum Gasteiger partial charge on any atom is 0.227 e. The second-order valence-corrected chi connectivity index (χ2v) is 9.17. The average molecular weight is 448 g/mol. The highest BCUT2D eigenvalue weighted by Gasteiger charge is 2.25. The van der Waals surface area contributed by atoms with Gasteiger partial charge in [0.1, 0.15) is 0 Å². The topological polar surface area (TPSA) is 68.8 Å². The van der Waals surface area contributed by atoms with E-state index in [9.17, 15) is 4.79 Å². The van der Waals surface area contributed by atoms with Gasteiger partial charge in [-0.3, -0.25) is 9.69 Å². The van der Waals surface area contributed by atoms with Crippen molar-refractivity contribution >= 4 is 17.6 Å². The number of nitrogens with one attached hydrogen (secondary N) is 3. The van der Waals surface area contributed by atoms with E-state index in [-0.39, 0.29) is 11.8 Å². The number of benzene rings is 2. The number of carbonyl (C=O) groups excluding carboxylic acids is 1. The normalized spacial score (nSPS) is 16.9. The fourth-order valence-electron chi connectivity index (χ4n) is 4.32. The number of carbonyl (C=O) groups is 1. The molecule has 2 fully saturated rings. The number of nitrogens with zero attached hydrogens (tertiary/aromatic N) is 2. The van der Waals surface area contributed by atoms with Crippen molar-refractivity contribution < 1.29 is 4.79 Å². The predicted molar refractivity (Wildman–Crippen MR) is 135 cm³/mol. The summed E-state index contributed by atoms with van der Waals surface area (Å²) in [4.78, 5) is 19.5.